The molecule has 0 spiro atoms. The fourth-order valence-corrected chi connectivity index (χ4v) is 2.02. The first kappa shape index (κ1) is 12.2. The molecule has 1 aromatic rings. The Morgan fingerprint density at radius 1 is 1.43 bits per heavy atom. The molecule has 1 nitrogen and oxygen atoms in total. The maximum absolute atomic E-state index is 11.1. The van der Waals surface area contributed by atoms with Crippen LogP contribution in [0.4, 0.5) is 0 Å². The highest BCUT2D eigenvalue weighted by molar-refractivity contribution is 9.10. The second-order valence-electron chi connectivity index (χ2n) is 2.87. The van der Waals surface area contributed by atoms with E-state index < -0.39 is 5.24 Å². The molecule has 4 heteroatoms. The Kier molecular flexibility index (Phi) is 5.13. The summed E-state index contributed by atoms with van der Waals surface area (Å²) in [6, 6.07) is 5.62. The average Bonchev–Trinajstić information content (AvgIpc) is 2.15. The van der Waals surface area contributed by atoms with Crippen LogP contribution in [0.25, 0.3) is 0 Å². The number of halogens is 3. The van der Waals surface area contributed by atoms with Gasteiger partial charge in [-0.2, -0.15) is 0 Å². The molecule has 1 aromatic carbocycles. The van der Waals surface area contributed by atoms with Crippen molar-refractivity contribution in [3.63, 3.8) is 0 Å². The highest BCUT2D eigenvalue weighted by atomic mass is 79.9. The molecule has 0 radical (unpaired) electrons. The lowest BCUT2D eigenvalue weighted by Gasteiger charge is -2.05. The van der Waals surface area contributed by atoms with E-state index >= 15 is 0 Å². The van der Waals surface area contributed by atoms with E-state index in [4.69, 9.17) is 11.6 Å². The summed E-state index contributed by atoms with van der Waals surface area (Å²) in [4.78, 5) is 11.1. The van der Waals surface area contributed by atoms with Crippen LogP contribution in [0.15, 0.2) is 22.7 Å². The molecule has 0 atom stereocenters. The summed E-state index contributed by atoms with van der Waals surface area (Å²) in [5, 5.41) is 0.537. The molecule has 0 aliphatic heterocycles. The molecule has 0 fully saturated rings. The zero-order valence-electron chi connectivity index (χ0n) is 7.40. The van der Waals surface area contributed by atoms with Gasteiger partial charge in [-0.25, -0.2) is 0 Å². The summed E-state index contributed by atoms with van der Waals surface area (Å²) in [6.45, 7) is 0. The normalized spacial score (nSPS) is 10.2. The van der Waals surface area contributed by atoms with Crippen molar-refractivity contribution in [2.24, 2.45) is 0 Å². The maximum Gasteiger partial charge on any atom is 0.252 e. The van der Waals surface area contributed by atoms with Crippen molar-refractivity contribution in [3.8, 4) is 0 Å². The second-order valence-corrected chi connectivity index (χ2v) is 4.92. The molecule has 0 bridgehead atoms. The maximum atomic E-state index is 11.1. The Bertz CT molecular complexity index is 339. The Balaban J connectivity index is 2.96. The molecular formula is C10H9Br2ClO. The van der Waals surface area contributed by atoms with E-state index in [0.29, 0.717) is 5.56 Å². The number of alkyl halides is 1. The second kappa shape index (κ2) is 5.89. The van der Waals surface area contributed by atoms with E-state index in [0.717, 1.165) is 28.2 Å². The monoisotopic (exact) mass is 338 g/mol. The van der Waals surface area contributed by atoms with Gasteiger partial charge < -0.3 is 0 Å². The van der Waals surface area contributed by atoms with E-state index in [-0.39, 0.29) is 0 Å². The first-order valence-corrected chi connectivity index (χ1v) is 6.48. The van der Waals surface area contributed by atoms with Crippen LogP contribution < -0.4 is 0 Å². The van der Waals surface area contributed by atoms with Crippen LogP contribution >= 0.6 is 43.5 Å². The minimum absolute atomic E-state index is 0.393. The minimum atomic E-state index is -0.393. The summed E-state index contributed by atoms with van der Waals surface area (Å²) in [5.41, 5.74) is 1.61. The molecule has 0 unspecified atom stereocenters. The fraction of sp³-hybridized carbons (Fsp3) is 0.300. The van der Waals surface area contributed by atoms with Crippen LogP contribution in [0.5, 0.6) is 0 Å². The van der Waals surface area contributed by atoms with Gasteiger partial charge in [-0.1, -0.05) is 37.9 Å². The van der Waals surface area contributed by atoms with E-state index in [2.05, 4.69) is 31.9 Å². The molecule has 0 aromatic heterocycles. The van der Waals surface area contributed by atoms with Gasteiger partial charge in [-0.15, -0.1) is 0 Å². The van der Waals surface area contributed by atoms with Crippen molar-refractivity contribution >= 4 is 48.7 Å². The Hall–Kier alpha value is 0.140. The average molecular weight is 340 g/mol. The SMILES string of the molecule is O=C(Cl)c1cc(Br)ccc1CCCBr. The lowest BCUT2D eigenvalue weighted by Crippen LogP contribution is -1.98. The minimum Gasteiger partial charge on any atom is -0.276 e. The standard InChI is InChI=1S/C10H9Br2ClO/c11-5-1-2-7-3-4-8(12)6-9(7)10(13)14/h3-4,6H,1-2,5H2. The van der Waals surface area contributed by atoms with Crippen LogP contribution in [0.3, 0.4) is 0 Å². The molecule has 0 N–H and O–H groups in total. The van der Waals surface area contributed by atoms with Crippen LogP contribution in [-0.2, 0) is 6.42 Å². The third-order valence-corrected chi connectivity index (χ3v) is 3.12. The summed E-state index contributed by atoms with van der Waals surface area (Å²) in [7, 11) is 0. The van der Waals surface area contributed by atoms with Gasteiger partial charge in [0, 0.05) is 15.4 Å². The number of carbonyl (C=O) groups excluding carboxylic acids is 1. The van der Waals surface area contributed by atoms with Gasteiger partial charge in [-0.05, 0) is 42.1 Å². The molecule has 0 saturated carbocycles. The predicted octanol–water partition coefficient (Wildman–Crippen LogP) is 4.16. The van der Waals surface area contributed by atoms with Gasteiger partial charge in [0.25, 0.3) is 5.24 Å². The number of carbonyl (C=O) groups is 1. The third kappa shape index (κ3) is 3.37. The molecule has 0 amide bonds. The van der Waals surface area contributed by atoms with E-state index in [9.17, 15) is 4.79 Å². The van der Waals surface area contributed by atoms with E-state index in [1.807, 2.05) is 12.1 Å². The summed E-state index contributed by atoms with van der Waals surface area (Å²) in [6.07, 6.45) is 1.87. The van der Waals surface area contributed by atoms with E-state index in [1.165, 1.54) is 0 Å². The van der Waals surface area contributed by atoms with Gasteiger partial charge in [0.2, 0.25) is 0 Å². The predicted molar refractivity (Wildman–Crippen MR) is 66.4 cm³/mol. The molecule has 0 saturated heterocycles. The quantitative estimate of drug-likeness (QED) is 0.594. The van der Waals surface area contributed by atoms with Crippen molar-refractivity contribution in [1.82, 2.24) is 0 Å². The summed E-state index contributed by atoms with van der Waals surface area (Å²) in [5.74, 6) is 0. The number of aryl methyl sites for hydroxylation is 1. The largest absolute Gasteiger partial charge is 0.276 e. The van der Waals surface area contributed by atoms with Crippen molar-refractivity contribution in [1.29, 1.82) is 0 Å². The molecule has 14 heavy (non-hydrogen) atoms. The Morgan fingerprint density at radius 2 is 2.14 bits per heavy atom. The van der Waals surface area contributed by atoms with Gasteiger partial charge >= 0.3 is 0 Å². The van der Waals surface area contributed by atoms with E-state index in [1.54, 1.807) is 6.07 Å². The van der Waals surface area contributed by atoms with Crippen molar-refractivity contribution in [2.45, 2.75) is 12.8 Å². The summed E-state index contributed by atoms with van der Waals surface area (Å²) < 4.78 is 0.879. The zero-order chi connectivity index (χ0) is 10.6. The first-order valence-electron chi connectivity index (χ1n) is 4.19. The van der Waals surface area contributed by atoms with Crippen LogP contribution in [0.2, 0.25) is 0 Å². The highest BCUT2D eigenvalue weighted by Crippen LogP contribution is 2.20. The number of benzene rings is 1. The number of hydrogen-bond donors (Lipinski definition) is 0. The van der Waals surface area contributed by atoms with Crippen molar-refractivity contribution in [2.75, 3.05) is 5.33 Å². The Labute approximate surface area is 105 Å². The fourth-order valence-electron chi connectivity index (χ4n) is 1.21. The van der Waals surface area contributed by atoms with Gasteiger partial charge in [0.05, 0.1) is 0 Å². The van der Waals surface area contributed by atoms with Gasteiger partial charge in [0.1, 0.15) is 0 Å². The number of rotatable bonds is 4. The molecule has 76 valence electrons. The van der Waals surface area contributed by atoms with Crippen LogP contribution in [0.1, 0.15) is 22.3 Å². The Morgan fingerprint density at radius 3 is 2.71 bits per heavy atom. The van der Waals surface area contributed by atoms with Gasteiger partial charge in [-0.3, -0.25) is 4.79 Å². The van der Waals surface area contributed by atoms with Crippen molar-refractivity contribution in [3.05, 3.63) is 33.8 Å². The molecule has 0 aliphatic carbocycles. The third-order valence-electron chi connectivity index (χ3n) is 1.86. The first-order chi connectivity index (χ1) is 6.65. The molecule has 0 heterocycles. The summed E-state index contributed by atoms with van der Waals surface area (Å²) >= 11 is 12.2. The zero-order valence-corrected chi connectivity index (χ0v) is 11.3. The molecule has 1 rings (SSSR count). The molecular weight excluding hydrogens is 331 g/mol. The number of hydrogen-bond acceptors (Lipinski definition) is 1. The molecule has 0 aliphatic rings. The van der Waals surface area contributed by atoms with Crippen LogP contribution in [-0.4, -0.2) is 10.6 Å². The highest BCUT2D eigenvalue weighted by Gasteiger charge is 2.08. The topological polar surface area (TPSA) is 17.1 Å². The lowest BCUT2D eigenvalue weighted by atomic mass is 10.0. The lowest BCUT2D eigenvalue weighted by molar-refractivity contribution is 0.108. The smallest absolute Gasteiger partial charge is 0.252 e. The van der Waals surface area contributed by atoms with Crippen LogP contribution in [0, 0.1) is 0 Å². The van der Waals surface area contributed by atoms with Gasteiger partial charge in [0.15, 0.2) is 0 Å². The van der Waals surface area contributed by atoms with Crippen molar-refractivity contribution < 1.29 is 4.79 Å².